The van der Waals surface area contributed by atoms with Gasteiger partial charge in [0.2, 0.25) is 0 Å². The lowest BCUT2D eigenvalue weighted by Gasteiger charge is -2.16. The lowest BCUT2D eigenvalue weighted by Crippen LogP contribution is -2.40. The van der Waals surface area contributed by atoms with Gasteiger partial charge in [-0.2, -0.15) is 0 Å². The van der Waals surface area contributed by atoms with E-state index in [1.54, 1.807) is 0 Å². The van der Waals surface area contributed by atoms with Gasteiger partial charge in [0.05, 0.1) is 12.9 Å². The van der Waals surface area contributed by atoms with Crippen molar-refractivity contribution in [3.8, 4) is 12.3 Å². The van der Waals surface area contributed by atoms with E-state index in [1.165, 1.54) is 17.2 Å². The molecule has 110 valence electrons. The highest BCUT2D eigenvalue weighted by Gasteiger charge is 2.44. The number of nitrogens with two attached hydrogens (primary N) is 1. The molecule has 2 aromatic heterocycles. The number of nitrogen functional groups attached to an aromatic ring is 1. The van der Waals surface area contributed by atoms with Crippen molar-refractivity contribution in [3.63, 3.8) is 0 Å². The number of aromatic nitrogens is 4. The third-order valence-electron chi connectivity index (χ3n) is 3.30. The van der Waals surface area contributed by atoms with Crippen LogP contribution in [-0.2, 0) is 4.74 Å². The summed E-state index contributed by atoms with van der Waals surface area (Å²) in [5, 5.41) is 22.9. The molecule has 0 radical (unpaired) electrons. The Labute approximate surface area is 119 Å². The average Bonchev–Trinajstić information content (AvgIpc) is 3.02. The first-order chi connectivity index (χ1) is 10.1. The molecule has 4 atom stereocenters. The van der Waals surface area contributed by atoms with E-state index in [9.17, 15) is 10.2 Å². The number of aliphatic hydroxyl groups excluding tert-OH is 2. The minimum absolute atomic E-state index is 0.209. The molecule has 21 heavy (non-hydrogen) atoms. The Bertz CT molecular complexity index is 696. The van der Waals surface area contributed by atoms with Crippen molar-refractivity contribution in [2.24, 2.45) is 0 Å². The van der Waals surface area contributed by atoms with Gasteiger partial charge in [-0.05, 0) is 0 Å². The maximum absolute atomic E-state index is 10.1. The summed E-state index contributed by atoms with van der Waals surface area (Å²) in [6.45, 7) is 0.209. The lowest BCUT2D eigenvalue weighted by atomic mass is 10.2. The zero-order valence-corrected chi connectivity index (χ0v) is 10.9. The minimum atomic E-state index is -1.16. The van der Waals surface area contributed by atoms with Gasteiger partial charge in [-0.3, -0.25) is 9.88 Å². The first-order valence-corrected chi connectivity index (χ1v) is 6.25. The third-order valence-corrected chi connectivity index (χ3v) is 3.30. The fraction of sp³-hybridized carbons (Fsp3) is 0.417. The van der Waals surface area contributed by atoms with Gasteiger partial charge in [0.1, 0.15) is 30.3 Å². The highest BCUT2D eigenvalue weighted by molar-refractivity contribution is 5.81. The molecule has 2 aromatic rings. The van der Waals surface area contributed by atoms with E-state index in [0.29, 0.717) is 11.2 Å². The van der Waals surface area contributed by atoms with Gasteiger partial charge >= 0.3 is 0 Å². The summed E-state index contributed by atoms with van der Waals surface area (Å²) in [5.41, 5.74) is 6.53. The summed E-state index contributed by atoms with van der Waals surface area (Å²) in [7, 11) is 0. The maximum Gasteiger partial charge on any atom is 0.167 e. The topological polar surface area (TPSA) is 131 Å². The van der Waals surface area contributed by atoms with Gasteiger partial charge in [0.25, 0.3) is 0 Å². The van der Waals surface area contributed by atoms with E-state index in [0.717, 1.165) is 0 Å². The van der Waals surface area contributed by atoms with Gasteiger partial charge in [-0.25, -0.2) is 15.0 Å². The van der Waals surface area contributed by atoms with Crippen molar-refractivity contribution < 1.29 is 14.9 Å². The number of nitrogens with zero attached hydrogens (tertiary/aromatic N) is 4. The molecule has 1 unspecified atom stereocenters. The van der Waals surface area contributed by atoms with E-state index >= 15 is 0 Å². The van der Waals surface area contributed by atoms with Crippen LogP contribution in [0.3, 0.4) is 0 Å². The normalized spacial score (nSPS) is 28.8. The van der Waals surface area contributed by atoms with Crippen molar-refractivity contribution in [1.29, 1.82) is 0 Å². The van der Waals surface area contributed by atoms with Crippen molar-refractivity contribution >= 4 is 17.0 Å². The quantitative estimate of drug-likeness (QED) is 0.487. The molecule has 0 bridgehead atoms. The molecular weight excluding hydrogens is 276 g/mol. The predicted octanol–water partition coefficient (Wildman–Crippen LogP) is -1.79. The highest BCUT2D eigenvalue weighted by Crippen LogP contribution is 2.30. The summed E-state index contributed by atoms with van der Waals surface area (Å²) in [5.74, 6) is 2.61. The van der Waals surface area contributed by atoms with Gasteiger partial charge in [0, 0.05) is 0 Å². The molecular formula is C12H14N6O3. The van der Waals surface area contributed by atoms with Crippen LogP contribution in [0.2, 0.25) is 0 Å². The van der Waals surface area contributed by atoms with Crippen molar-refractivity contribution in [1.82, 2.24) is 24.8 Å². The smallest absolute Gasteiger partial charge is 0.167 e. The Balaban J connectivity index is 1.92. The van der Waals surface area contributed by atoms with Crippen LogP contribution in [0, 0.1) is 12.3 Å². The molecule has 3 heterocycles. The summed E-state index contributed by atoms with van der Waals surface area (Å²) < 4.78 is 7.09. The fourth-order valence-corrected chi connectivity index (χ4v) is 2.27. The molecule has 1 fully saturated rings. The molecule has 1 saturated heterocycles. The van der Waals surface area contributed by atoms with E-state index in [2.05, 4.69) is 26.2 Å². The van der Waals surface area contributed by atoms with Crippen LogP contribution in [0.25, 0.3) is 11.2 Å². The highest BCUT2D eigenvalue weighted by atomic mass is 16.6. The largest absolute Gasteiger partial charge is 0.386 e. The number of hydrogen-bond donors (Lipinski definition) is 4. The lowest BCUT2D eigenvalue weighted by molar-refractivity contribution is -0.0441. The zero-order chi connectivity index (χ0) is 15.0. The van der Waals surface area contributed by atoms with Crippen molar-refractivity contribution in [3.05, 3.63) is 12.7 Å². The van der Waals surface area contributed by atoms with Crippen LogP contribution < -0.4 is 11.1 Å². The number of rotatable bonds is 3. The SMILES string of the molecule is C#CCN[C@H]1O[C@@H](n2cnc3c(N)ncnc32)[C@@H](O)C1O. The molecule has 3 rings (SSSR count). The van der Waals surface area contributed by atoms with Crippen molar-refractivity contribution in [2.75, 3.05) is 12.3 Å². The summed E-state index contributed by atoms with van der Waals surface area (Å²) in [4.78, 5) is 12.0. The van der Waals surface area contributed by atoms with Crippen molar-refractivity contribution in [2.45, 2.75) is 24.7 Å². The Morgan fingerprint density at radius 1 is 1.38 bits per heavy atom. The summed E-state index contributed by atoms with van der Waals surface area (Å²) >= 11 is 0. The van der Waals surface area contributed by atoms with E-state index in [-0.39, 0.29) is 12.4 Å². The van der Waals surface area contributed by atoms with Crippen LogP contribution in [0.1, 0.15) is 6.23 Å². The molecule has 9 nitrogen and oxygen atoms in total. The first-order valence-electron chi connectivity index (χ1n) is 6.25. The zero-order valence-electron chi connectivity index (χ0n) is 10.9. The molecule has 0 amide bonds. The molecule has 0 aromatic carbocycles. The van der Waals surface area contributed by atoms with E-state index in [1.807, 2.05) is 0 Å². The van der Waals surface area contributed by atoms with Crippen LogP contribution >= 0.6 is 0 Å². The molecule has 1 aliphatic rings. The van der Waals surface area contributed by atoms with E-state index in [4.69, 9.17) is 16.9 Å². The fourth-order valence-electron chi connectivity index (χ4n) is 2.27. The third kappa shape index (κ3) is 2.20. The Morgan fingerprint density at radius 2 is 2.19 bits per heavy atom. The second-order valence-electron chi connectivity index (χ2n) is 4.60. The molecule has 0 aliphatic carbocycles. The Morgan fingerprint density at radius 3 is 2.95 bits per heavy atom. The molecule has 5 N–H and O–H groups in total. The number of terminal acetylenes is 1. The number of nitrogens with one attached hydrogen (secondary N) is 1. The second kappa shape index (κ2) is 5.27. The first kappa shape index (κ1) is 13.7. The van der Waals surface area contributed by atoms with Gasteiger partial charge in [-0.15, -0.1) is 6.42 Å². The standard InChI is InChI=1S/C12H14N6O3/c1-2-3-14-11-7(19)8(20)12(21-11)18-5-17-6-9(13)15-4-16-10(6)18/h1,4-5,7-8,11-12,14,19-20H,3H2,(H2,13,15,16)/t7?,8-,11-,12+/m0/s1. The summed E-state index contributed by atoms with van der Waals surface area (Å²) in [6.07, 6.45) is 3.96. The maximum atomic E-state index is 10.1. The minimum Gasteiger partial charge on any atom is -0.386 e. The number of hydrogen-bond acceptors (Lipinski definition) is 8. The van der Waals surface area contributed by atoms with Gasteiger partial charge in [-0.1, -0.05) is 5.92 Å². The number of anilines is 1. The number of fused-ring (bicyclic) bond motifs is 1. The van der Waals surface area contributed by atoms with Gasteiger partial charge in [0.15, 0.2) is 17.7 Å². The average molecular weight is 290 g/mol. The van der Waals surface area contributed by atoms with E-state index < -0.39 is 24.7 Å². The second-order valence-corrected chi connectivity index (χ2v) is 4.60. The number of ether oxygens (including phenoxy) is 1. The molecule has 0 spiro atoms. The number of aliphatic hydroxyl groups is 2. The predicted molar refractivity (Wildman–Crippen MR) is 72.5 cm³/mol. The van der Waals surface area contributed by atoms with Crippen LogP contribution in [-0.4, -0.2) is 54.7 Å². The van der Waals surface area contributed by atoms with Crippen LogP contribution in [0.15, 0.2) is 12.7 Å². The van der Waals surface area contributed by atoms with Crippen LogP contribution in [0.4, 0.5) is 5.82 Å². The molecule has 9 heteroatoms. The van der Waals surface area contributed by atoms with Crippen LogP contribution in [0.5, 0.6) is 0 Å². The van der Waals surface area contributed by atoms with Gasteiger partial charge < -0.3 is 20.7 Å². The Hall–Kier alpha value is -2.25. The molecule has 0 saturated carbocycles. The monoisotopic (exact) mass is 290 g/mol. The summed E-state index contributed by atoms with van der Waals surface area (Å²) in [6, 6.07) is 0. The Kier molecular flexibility index (Phi) is 3.44. The number of imidazole rings is 1. The molecule has 1 aliphatic heterocycles.